The molecule has 0 spiro atoms. The molecule has 0 radical (unpaired) electrons. The first-order chi connectivity index (χ1) is 12.0. The molecule has 3 rings (SSSR count). The molecule has 1 aliphatic heterocycles. The topological polar surface area (TPSA) is 54.5 Å². The summed E-state index contributed by atoms with van der Waals surface area (Å²) in [5, 5.41) is 1.94. The Morgan fingerprint density at radius 2 is 2.00 bits per heavy atom. The first kappa shape index (κ1) is 18.2. The van der Waals surface area contributed by atoms with Crippen molar-refractivity contribution < 1.29 is 13.2 Å². The van der Waals surface area contributed by atoms with E-state index in [1.165, 1.54) is 17.4 Å². The molecule has 0 bridgehead atoms. The number of carbonyl (C=O) groups excluding carboxylic acids is 1. The van der Waals surface area contributed by atoms with E-state index in [0.29, 0.717) is 18.0 Å². The van der Waals surface area contributed by atoms with Crippen LogP contribution < -0.4 is 0 Å². The van der Waals surface area contributed by atoms with Gasteiger partial charge in [-0.3, -0.25) is 4.79 Å². The average molecular weight is 396 g/mol. The number of hydrogen-bond acceptors (Lipinski definition) is 4. The molecule has 132 valence electrons. The zero-order valence-electron chi connectivity index (χ0n) is 13.5. The zero-order chi connectivity index (χ0) is 17.9. The van der Waals surface area contributed by atoms with Crippen LogP contribution in [-0.4, -0.2) is 38.1 Å². The summed E-state index contributed by atoms with van der Waals surface area (Å²) in [6.07, 6.45) is 3.55. The van der Waals surface area contributed by atoms with E-state index in [4.69, 9.17) is 11.6 Å². The molecule has 0 aliphatic carbocycles. The fourth-order valence-electron chi connectivity index (χ4n) is 2.83. The van der Waals surface area contributed by atoms with E-state index < -0.39 is 15.1 Å². The van der Waals surface area contributed by atoms with E-state index in [-0.39, 0.29) is 18.2 Å². The minimum Gasteiger partial charge on any atom is -0.338 e. The van der Waals surface area contributed by atoms with Crippen molar-refractivity contribution in [3.05, 3.63) is 63.3 Å². The van der Waals surface area contributed by atoms with Crippen molar-refractivity contribution in [1.82, 2.24) is 4.90 Å². The molecule has 0 N–H and O–H groups in total. The number of sulfone groups is 1. The fraction of sp³-hybridized carbons (Fsp3) is 0.278. The molecule has 1 fully saturated rings. The van der Waals surface area contributed by atoms with Gasteiger partial charge in [-0.25, -0.2) is 8.42 Å². The highest BCUT2D eigenvalue weighted by Gasteiger charge is 2.32. The van der Waals surface area contributed by atoms with Crippen molar-refractivity contribution in [3.63, 3.8) is 0 Å². The van der Waals surface area contributed by atoms with Crippen LogP contribution in [0.5, 0.6) is 0 Å². The number of amides is 1. The molecule has 1 amide bonds. The Labute approximate surface area is 156 Å². The third-order valence-electron chi connectivity index (χ3n) is 4.22. The molecule has 1 aliphatic rings. The molecule has 0 unspecified atom stereocenters. The number of halogens is 1. The maximum Gasteiger partial charge on any atom is 0.246 e. The number of hydrogen-bond donors (Lipinski definition) is 0. The minimum absolute atomic E-state index is 0.0127. The molecule has 1 atom stereocenters. The van der Waals surface area contributed by atoms with Crippen molar-refractivity contribution in [2.75, 3.05) is 18.8 Å². The smallest absolute Gasteiger partial charge is 0.246 e. The zero-order valence-corrected chi connectivity index (χ0v) is 15.9. The Bertz CT molecular complexity index is 875. The number of thiophene rings is 1. The summed E-state index contributed by atoms with van der Waals surface area (Å²) in [6, 6.07) is 11.0. The van der Waals surface area contributed by atoms with Gasteiger partial charge in [0.15, 0.2) is 9.84 Å². The summed E-state index contributed by atoms with van der Waals surface area (Å²) in [6.45, 7) is 0.642. The molecular weight excluding hydrogens is 378 g/mol. The Balaban J connectivity index is 1.72. The van der Waals surface area contributed by atoms with Gasteiger partial charge < -0.3 is 4.90 Å². The van der Waals surface area contributed by atoms with Gasteiger partial charge >= 0.3 is 0 Å². The maximum absolute atomic E-state index is 12.5. The largest absolute Gasteiger partial charge is 0.338 e. The van der Waals surface area contributed by atoms with Gasteiger partial charge in [0, 0.05) is 29.1 Å². The molecular formula is C18H18ClNO3S2. The Morgan fingerprint density at radius 1 is 1.20 bits per heavy atom. The molecule has 1 aromatic heterocycles. The van der Waals surface area contributed by atoms with Crippen LogP contribution in [0.15, 0.2) is 47.9 Å². The third-order valence-corrected chi connectivity index (χ3v) is 7.81. The van der Waals surface area contributed by atoms with Crippen LogP contribution in [0.4, 0.5) is 0 Å². The number of nitrogens with zero attached hydrogens (tertiary/aromatic N) is 1. The highest BCUT2D eigenvalue weighted by molar-refractivity contribution is 7.91. The summed E-state index contributed by atoms with van der Waals surface area (Å²) in [4.78, 5) is 14.9. The maximum atomic E-state index is 12.5. The standard InChI is InChI=1S/C18H18ClNO3S2/c19-15-5-2-1-4-14(15)7-8-18(21)20-10-9-17(16-6-3-12-24-16)25(22,23)13-11-20/h1-8,12,17H,9-11,13H2/b8-7+/t17-/m0/s1. The van der Waals surface area contributed by atoms with Crippen LogP contribution in [0.3, 0.4) is 0 Å². The number of carbonyl (C=O) groups is 1. The lowest BCUT2D eigenvalue weighted by Crippen LogP contribution is -2.32. The van der Waals surface area contributed by atoms with Gasteiger partial charge in [-0.1, -0.05) is 35.9 Å². The molecule has 0 saturated carbocycles. The van der Waals surface area contributed by atoms with Gasteiger partial charge in [0.05, 0.1) is 11.0 Å². The van der Waals surface area contributed by atoms with Gasteiger partial charge in [-0.15, -0.1) is 11.3 Å². The van der Waals surface area contributed by atoms with Crippen LogP contribution >= 0.6 is 22.9 Å². The molecule has 7 heteroatoms. The van der Waals surface area contributed by atoms with Crippen LogP contribution in [0, 0.1) is 0 Å². The molecule has 25 heavy (non-hydrogen) atoms. The Hall–Kier alpha value is -1.63. The minimum atomic E-state index is -3.25. The van der Waals surface area contributed by atoms with Crippen LogP contribution in [0.2, 0.25) is 5.02 Å². The van der Waals surface area contributed by atoms with Crippen molar-refractivity contribution in [2.45, 2.75) is 11.7 Å². The molecule has 4 nitrogen and oxygen atoms in total. The second-order valence-electron chi connectivity index (χ2n) is 5.84. The monoisotopic (exact) mass is 395 g/mol. The normalized spacial score (nSPS) is 20.5. The number of rotatable bonds is 3. The van der Waals surface area contributed by atoms with E-state index in [1.807, 2.05) is 35.7 Å². The van der Waals surface area contributed by atoms with E-state index in [0.717, 1.165) is 10.4 Å². The van der Waals surface area contributed by atoms with Crippen LogP contribution in [0.1, 0.15) is 22.1 Å². The lowest BCUT2D eigenvalue weighted by Gasteiger charge is -2.17. The third kappa shape index (κ3) is 4.32. The van der Waals surface area contributed by atoms with E-state index in [1.54, 1.807) is 17.0 Å². The predicted molar refractivity (Wildman–Crippen MR) is 103 cm³/mol. The second-order valence-corrected chi connectivity index (χ2v) is 9.53. The molecule has 2 aromatic rings. The van der Waals surface area contributed by atoms with Gasteiger partial charge in [-0.2, -0.15) is 0 Å². The Kier molecular flexibility index (Phi) is 5.61. The SMILES string of the molecule is O=C(/C=C/c1ccccc1Cl)N1CC[C@@H](c2cccs2)S(=O)(=O)CC1. The van der Waals surface area contributed by atoms with Crippen molar-refractivity contribution in [3.8, 4) is 0 Å². The van der Waals surface area contributed by atoms with Crippen LogP contribution in [-0.2, 0) is 14.6 Å². The molecule has 1 aromatic carbocycles. The second kappa shape index (κ2) is 7.72. The first-order valence-electron chi connectivity index (χ1n) is 7.94. The van der Waals surface area contributed by atoms with E-state index in [2.05, 4.69) is 0 Å². The van der Waals surface area contributed by atoms with Gasteiger partial charge in [0.1, 0.15) is 0 Å². The summed E-state index contributed by atoms with van der Waals surface area (Å²) in [5.74, 6) is -0.205. The van der Waals surface area contributed by atoms with Crippen molar-refractivity contribution >= 4 is 44.8 Å². The van der Waals surface area contributed by atoms with Crippen molar-refractivity contribution in [2.24, 2.45) is 0 Å². The molecule has 2 heterocycles. The summed E-state index contributed by atoms with van der Waals surface area (Å²) in [7, 11) is -3.25. The molecule has 1 saturated heterocycles. The number of benzene rings is 1. The lowest BCUT2D eigenvalue weighted by molar-refractivity contribution is -0.125. The highest BCUT2D eigenvalue weighted by atomic mass is 35.5. The highest BCUT2D eigenvalue weighted by Crippen LogP contribution is 2.32. The van der Waals surface area contributed by atoms with Gasteiger partial charge in [0.25, 0.3) is 0 Å². The fourth-order valence-corrected chi connectivity index (χ4v) is 6.04. The lowest BCUT2D eigenvalue weighted by atomic mass is 10.2. The summed E-state index contributed by atoms with van der Waals surface area (Å²) >= 11 is 7.53. The summed E-state index contributed by atoms with van der Waals surface area (Å²) < 4.78 is 25.1. The first-order valence-corrected chi connectivity index (χ1v) is 10.9. The predicted octanol–water partition coefficient (Wildman–Crippen LogP) is 3.80. The summed E-state index contributed by atoms with van der Waals surface area (Å²) in [5.41, 5.74) is 0.761. The van der Waals surface area contributed by atoms with Gasteiger partial charge in [-0.05, 0) is 35.6 Å². The van der Waals surface area contributed by atoms with Crippen molar-refractivity contribution in [1.29, 1.82) is 0 Å². The van der Waals surface area contributed by atoms with Crippen LogP contribution in [0.25, 0.3) is 6.08 Å². The van der Waals surface area contributed by atoms with E-state index >= 15 is 0 Å². The average Bonchev–Trinajstić information content (AvgIpc) is 3.05. The quantitative estimate of drug-likeness (QED) is 0.742. The van der Waals surface area contributed by atoms with E-state index in [9.17, 15) is 13.2 Å². The Morgan fingerprint density at radius 3 is 2.72 bits per heavy atom. The van der Waals surface area contributed by atoms with Gasteiger partial charge in [0.2, 0.25) is 5.91 Å².